The van der Waals surface area contributed by atoms with E-state index in [1.165, 1.54) is 0 Å². The Kier molecular flexibility index (Phi) is 12.1. The molecule has 0 atom stereocenters. The summed E-state index contributed by atoms with van der Waals surface area (Å²) in [7, 11) is 1.61. The highest BCUT2D eigenvalue weighted by Gasteiger charge is 2.38. The number of carbonyl (C=O) groups is 3. The molecule has 0 radical (unpaired) electrons. The number of esters is 1. The molecule has 0 spiro atoms. The van der Waals surface area contributed by atoms with E-state index in [1.807, 2.05) is 55.5 Å². The number of carboxylic acids is 1. The van der Waals surface area contributed by atoms with Gasteiger partial charge in [0.2, 0.25) is 0 Å². The van der Waals surface area contributed by atoms with Crippen LogP contribution in [0, 0.1) is 0 Å². The second-order valence-electron chi connectivity index (χ2n) is 8.07. The first-order chi connectivity index (χ1) is 18.9. The number of nitrogens with one attached hydrogen (secondary N) is 3. The number of carbonyl (C=O) groups excluding carboxylic acids is 2. The van der Waals surface area contributed by atoms with Crippen LogP contribution in [0.1, 0.15) is 51.5 Å². The van der Waals surface area contributed by atoms with E-state index in [0.29, 0.717) is 42.0 Å². The zero-order valence-electron chi connectivity index (χ0n) is 21.9. The summed E-state index contributed by atoms with van der Waals surface area (Å²) in [6.45, 7) is 4.61. The summed E-state index contributed by atoms with van der Waals surface area (Å²) in [4.78, 5) is 37.9. The molecule has 13 heteroatoms. The Balaban J connectivity index is 0.000000708. The summed E-state index contributed by atoms with van der Waals surface area (Å²) in [5.41, 5.74) is 3.85. The molecule has 1 heterocycles. The molecule has 0 saturated heterocycles. The zero-order chi connectivity index (χ0) is 29.9. The number of aromatic amines is 1. The quantitative estimate of drug-likeness (QED) is 0.212. The molecular formula is C27H29BrF3N3O6. The molecule has 1 amide bonds. The lowest BCUT2D eigenvalue weighted by Crippen LogP contribution is -2.24. The molecule has 40 heavy (non-hydrogen) atoms. The number of aromatic nitrogens is 1. The van der Waals surface area contributed by atoms with Gasteiger partial charge in [0.1, 0.15) is 11.4 Å². The number of halogens is 4. The Morgan fingerprint density at radius 3 is 2.17 bits per heavy atom. The van der Waals surface area contributed by atoms with Gasteiger partial charge in [0, 0.05) is 22.4 Å². The number of methoxy groups -OCH3 is 1. The van der Waals surface area contributed by atoms with Crippen molar-refractivity contribution in [3.8, 4) is 5.75 Å². The molecule has 0 aliphatic rings. The van der Waals surface area contributed by atoms with Crippen LogP contribution in [0.2, 0.25) is 0 Å². The fourth-order valence-corrected chi connectivity index (χ4v) is 3.96. The van der Waals surface area contributed by atoms with Crippen LogP contribution in [0.25, 0.3) is 0 Å². The lowest BCUT2D eigenvalue weighted by Gasteiger charge is -2.09. The number of carboxylic acid groups (broad SMARTS) is 1. The van der Waals surface area contributed by atoms with Crippen molar-refractivity contribution in [2.75, 3.05) is 19.0 Å². The van der Waals surface area contributed by atoms with Crippen LogP contribution >= 0.6 is 15.9 Å². The number of hydrogen-bond acceptors (Lipinski definition) is 6. The maximum atomic E-state index is 13.1. The summed E-state index contributed by atoms with van der Waals surface area (Å²) < 4.78 is 43.1. The van der Waals surface area contributed by atoms with Crippen molar-refractivity contribution in [2.45, 2.75) is 39.5 Å². The third kappa shape index (κ3) is 9.04. The first-order valence-electron chi connectivity index (χ1n) is 12.0. The molecule has 2 aromatic carbocycles. The summed E-state index contributed by atoms with van der Waals surface area (Å²) in [6.07, 6.45) is -4.58. The van der Waals surface area contributed by atoms with Crippen LogP contribution in [-0.2, 0) is 29.0 Å². The van der Waals surface area contributed by atoms with Crippen molar-refractivity contribution in [3.05, 3.63) is 81.1 Å². The molecule has 0 aliphatic carbocycles. The molecule has 9 nitrogen and oxygen atoms in total. The minimum Gasteiger partial charge on any atom is -0.497 e. The molecular weight excluding hydrogens is 599 g/mol. The van der Waals surface area contributed by atoms with Crippen LogP contribution in [0.5, 0.6) is 5.75 Å². The summed E-state index contributed by atoms with van der Waals surface area (Å²) in [5, 5.41) is 13.4. The summed E-state index contributed by atoms with van der Waals surface area (Å²) in [5.74, 6) is -2.72. The van der Waals surface area contributed by atoms with Gasteiger partial charge in [-0.1, -0.05) is 41.1 Å². The van der Waals surface area contributed by atoms with Gasteiger partial charge >= 0.3 is 18.1 Å². The highest BCUT2D eigenvalue weighted by atomic mass is 79.9. The Bertz CT molecular complexity index is 1310. The van der Waals surface area contributed by atoms with Crippen molar-refractivity contribution < 1.29 is 42.1 Å². The van der Waals surface area contributed by atoms with Crippen molar-refractivity contribution in [1.82, 2.24) is 10.3 Å². The summed E-state index contributed by atoms with van der Waals surface area (Å²) >= 11 is 3.50. The van der Waals surface area contributed by atoms with Gasteiger partial charge < -0.3 is 30.2 Å². The number of ether oxygens (including phenoxy) is 2. The van der Waals surface area contributed by atoms with Gasteiger partial charge in [-0.3, -0.25) is 4.79 Å². The second kappa shape index (κ2) is 15.0. The smallest absolute Gasteiger partial charge is 0.490 e. The largest absolute Gasteiger partial charge is 0.497 e. The van der Waals surface area contributed by atoms with Crippen LogP contribution < -0.4 is 15.4 Å². The predicted octanol–water partition coefficient (Wildman–Crippen LogP) is 5.70. The fourth-order valence-electron chi connectivity index (χ4n) is 3.53. The van der Waals surface area contributed by atoms with Crippen LogP contribution in [-0.4, -0.2) is 47.8 Å². The fraction of sp³-hybridized carbons (Fsp3) is 0.296. The van der Waals surface area contributed by atoms with Crippen LogP contribution in [0.3, 0.4) is 0 Å². The van der Waals surface area contributed by atoms with Crippen LogP contribution in [0.4, 0.5) is 18.9 Å². The number of hydrogen-bond donors (Lipinski definition) is 4. The highest BCUT2D eigenvalue weighted by molar-refractivity contribution is 9.10. The normalized spacial score (nSPS) is 10.7. The average Bonchev–Trinajstić information content (AvgIpc) is 3.30. The molecule has 3 aromatic rings. The maximum absolute atomic E-state index is 13.1. The number of benzene rings is 2. The maximum Gasteiger partial charge on any atom is 0.490 e. The minimum absolute atomic E-state index is 0.252. The molecule has 0 aliphatic heterocycles. The minimum atomic E-state index is -5.08. The van der Waals surface area contributed by atoms with Gasteiger partial charge in [-0.25, -0.2) is 9.59 Å². The molecule has 0 bridgehead atoms. The van der Waals surface area contributed by atoms with Crippen molar-refractivity contribution in [2.24, 2.45) is 0 Å². The molecule has 1 aromatic heterocycles. The van der Waals surface area contributed by atoms with Crippen LogP contribution in [0.15, 0.2) is 53.0 Å². The van der Waals surface area contributed by atoms with E-state index in [2.05, 4.69) is 31.5 Å². The lowest BCUT2D eigenvalue weighted by molar-refractivity contribution is -0.192. The first kappa shape index (κ1) is 32.2. The lowest BCUT2D eigenvalue weighted by atomic mass is 10.1. The molecule has 0 unspecified atom stereocenters. The van der Waals surface area contributed by atoms with Gasteiger partial charge in [-0.15, -0.1) is 0 Å². The van der Waals surface area contributed by atoms with Gasteiger partial charge in [0.05, 0.1) is 25.8 Å². The number of alkyl halides is 3. The molecule has 3 rings (SSSR count). The first-order valence-corrected chi connectivity index (χ1v) is 12.8. The highest BCUT2D eigenvalue weighted by Crippen LogP contribution is 2.24. The third-order valence-electron chi connectivity index (χ3n) is 5.44. The molecule has 0 fully saturated rings. The Labute approximate surface area is 237 Å². The number of rotatable bonds is 10. The SMILES string of the molecule is CCOC(=O)c1c(CNc2ccc(OC)cc2)[nH]c(C(=O)NCc2ccccc2Br)c1CC.O=C(O)C(F)(F)F. The van der Waals surface area contributed by atoms with E-state index in [9.17, 15) is 22.8 Å². The van der Waals surface area contributed by atoms with Gasteiger partial charge in [0.25, 0.3) is 5.91 Å². The molecule has 4 N–H and O–H groups in total. The van der Waals surface area contributed by atoms with E-state index in [1.54, 1.807) is 14.0 Å². The van der Waals surface area contributed by atoms with Gasteiger partial charge in [0.15, 0.2) is 0 Å². The Morgan fingerprint density at radius 1 is 1.02 bits per heavy atom. The van der Waals surface area contributed by atoms with E-state index in [0.717, 1.165) is 21.5 Å². The predicted molar refractivity (Wildman–Crippen MR) is 145 cm³/mol. The van der Waals surface area contributed by atoms with Crippen molar-refractivity contribution in [3.63, 3.8) is 0 Å². The number of anilines is 1. The molecule has 0 saturated carbocycles. The van der Waals surface area contributed by atoms with Crippen molar-refractivity contribution >= 4 is 39.5 Å². The summed E-state index contributed by atoms with van der Waals surface area (Å²) in [6, 6.07) is 15.2. The number of aliphatic carboxylic acids is 1. The molecule has 216 valence electrons. The topological polar surface area (TPSA) is 130 Å². The average molecular weight is 628 g/mol. The number of amides is 1. The van der Waals surface area contributed by atoms with E-state index >= 15 is 0 Å². The second-order valence-corrected chi connectivity index (χ2v) is 8.92. The zero-order valence-corrected chi connectivity index (χ0v) is 23.5. The van der Waals surface area contributed by atoms with Gasteiger partial charge in [-0.05, 0) is 54.8 Å². The third-order valence-corrected chi connectivity index (χ3v) is 6.21. The van der Waals surface area contributed by atoms with Crippen molar-refractivity contribution in [1.29, 1.82) is 0 Å². The van der Waals surface area contributed by atoms with Gasteiger partial charge in [-0.2, -0.15) is 13.2 Å². The Morgan fingerprint density at radius 2 is 1.65 bits per heavy atom. The Hall–Kier alpha value is -4.00. The number of H-pyrrole nitrogens is 1. The monoisotopic (exact) mass is 627 g/mol. The van der Waals surface area contributed by atoms with E-state index in [4.69, 9.17) is 19.4 Å². The van der Waals surface area contributed by atoms with E-state index < -0.39 is 18.1 Å². The van der Waals surface area contributed by atoms with E-state index in [-0.39, 0.29) is 12.5 Å². The standard InChI is InChI=1S/C25H28BrN3O4.C2HF3O2/c1-4-19-22(25(31)33-5-2)21(15-27-17-10-12-18(32-3)13-11-17)29-23(19)24(30)28-14-16-8-6-7-9-20(16)26;3-2(4,5)1(6)7/h6-13,27,29H,4-5,14-15H2,1-3H3,(H,28,30);(H,6,7).